The number of anilines is 1. The van der Waals surface area contributed by atoms with Gasteiger partial charge in [0.2, 0.25) is 11.8 Å². The molecule has 6 nitrogen and oxygen atoms in total. The number of ether oxygens (including phenoxy) is 2. The first kappa shape index (κ1) is 19.3. The quantitative estimate of drug-likeness (QED) is 0.828. The van der Waals surface area contributed by atoms with Gasteiger partial charge in [0.25, 0.3) is 0 Å². The summed E-state index contributed by atoms with van der Waals surface area (Å²) in [5.74, 6) is 0.560. The van der Waals surface area contributed by atoms with Gasteiger partial charge in [-0.15, -0.1) is 0 Å². The lowest BCUT2D eigenvalue weighted by Gasteiger charge is -2.24. The Kier molecular flexibility index (Phi) is 6.60. The van der Waals surface area contributed by atoms with Gasteiger partial charge in [-0.1, -0.05) is 30.3 Å². The van der Waals surface area contributed by atoms with Crippen molar-refractivity contribution in [2.75, 3.05) is 25.7 Å². The highest BCUT2D eigenvalue weighted by atomic mass is 16.5. The maximum absolute atomic E-state index is 12.5. The Morgan fingerprint density at radius 1 is 1.08 bits per heavy atom. The van der Waals surface area contributed by atoms with Gasteiger partial charge in [0.05, 0.1) is 25.9 Å². The first-order valence-corrected chi connectivity index (χ1v) is 8.30. The van der Waals surface area contributed by atoms with E-state index < -0.39 is 0 Å². The molecular formula is C20H24N2O4. The van der Waals surface area contributed by atoms with Crippen LogP contribution in [0, 0.1) is 0 Å². The molecule has 0 aromatic heterocycles. The molecule has 2 aromatic rings. The standard InChI is InChI=1S/C20H24N2O4/c1-14(16-8-6-5-7-9-16)21-20(24)13-22(15(2)23)18-11-10-17(25-3)12-19(18)26-4/h5-12,14H,13H2,1-4H3,(H,21,24). The number of methoxy groups -OCH3 is 2. The first-order chi connectivity index (χ1) is 12.5. The molecule has 0 fully saturated rings. The third-order valence-electron chi connectivity index (χ3n) is 4.04. The van der Waals surface area contributed by atoms with Crippen LogP contribution in [0.5, 0.6) is 11.5 Å². The fourth-order valence-corrected chi connectivity index (χ4v) is 2.63. The predicted octanol–water partition coefficient (Wildman–Crippen LogP) is 2.93. The molecule has 138 valence electrons. The van der Waals surface area contributed by atoms with Gasteiger partial charge >= 0.3 is 0 Å². The van der Waals surface area contributed by atoms with E-state index in [1.807, 2.05) is 37.3 Å². The number of hydrogen-bond acceptors (Lipinski definition) is 4. The molecular weight excluding hydrogens is 332 g/mol. The van der Waals surface area contributed by atoms with Gasteiger partial charge < -0.3 is 14.8 Å². The van der Waals surface area contributed by atoms with E-state index in [9.17, 15) is 9.59 Å². The zero-order valence-electron chi connectivity index (χ0n) is 15.5. The number of amides is 2. The maximum Gasteiger partial charge on any atom is 0.240 e. The van der Waals surface area contributed by atoms with Crippen LogP contribution in [0.1, 0.15) is 25.5 Å². The molecule has 1 unspecified atom stereocenters. The maximum atomic E-state index is 12.5. The first-order valence-electron chi connectivity index (χ1n) is 8.30. The van der Waals surface area contributed by atoms with Gasteiger partial charge in [-0.05, 0) is 24.6 Å². The minimum Gasteiger partial charge on any atom is -0.497 e. The van der Waals surface area contributed by atoms with Gasteiger partial charge in [-0.2, -0.15) is 0 Å². The van der Waals surface area contributed by atoms with Crippen LogP contribution in [0.4, 0.5) is 5.69 Å². The molecule has 0 heterocycles. The van der Waals surface area contributed by atoms with Crippen molar-refractivity contribution in [3.63, 3.8) is 0 Å². The number of rotatable bonds is 7. The molecule has 1 N–H and O–H groups in total. The van der Waals surface area contributed by atoms with Crippen LogP contribution in [0.15, 0.2) is 48.5 Å². The van der Waals surface area contributed by atoms with Gasteiger partial charge in [0, 0.05) is 13.0 Å². The van der Waals surface area contributed by atoms with Crippen molar-refractivity contribution < 1.29 is 19.1 Å². The summed E-state index contributed by atoms with van der Waals surface area (Å²) in [4.78, 5) is 26.0. The molecule has 2 aromatic carbocycles. The van der Waals surface area contributed by atoms with Gasteiger partial charge in [0.1, 0.15) is 18.0 Å². The number of nitrogens with zero attached hydrogens (tertiary/aromatic N) is 1. The largest absolute Gasteiger partial charge is 0.497 e. The number of carbonyl (C=O) groups is 2. The highest BCUT2D eigenvalue weighted by Gasteiger charge is 2.21. The van der Waals surface area contributed by atoms with Crippen LogP contribution in [-0.4, -0.2) is 32.6 Å². The van der Waals surface area contributed by atoms with E-state index in [2.05, 4.69) is 5.32 Å². The summed E-state index contributed by atoms with van der Waals surface area (Å²) < 4.78 is 10.5. The number of nitrogens with one attached hydrogen (secondary N) is 1. The second-order valence-electron chi connectivity index (χ2n) is 5.84. The molecule has 0 spiro atoms. The Morgan fingerprint density at radius 3 is 2.35 bits per heavy atom. The molecule has 6 heteroatoms. The fraction of sp³-hybridized carbons (Fsp3) is 0.300. The smallest absolute Gasteiger partial charge is 0.240 e. The number of carbonyl (C=O) groups excluding carboxylic acids is 2. The van der Waals surface area contributed by atoms with E-state index in [1.54, 1.807) is 25.3 Å². The number of hydrogen-bond donors (Lipinski definition) is 1. The summed E-state index contributed by atoms with van der Waals surface area (Å²) in [6.07, 6.45) is 0. The zero-order chi connectivity index (χ0) is 19.1. The SMILES string of the molecule is COc1ccc(N(CC(=O)NC(C)c2ccccc2)C(C)=O)c(OC)c1. The molecule has 0 aliphatic heterocycles. The Labute approximate surface area is 153 Å². The van der Waals surface area contributed by atoms with E-state index in [4.69, 9.17) is 9.47 Å². The molecule has 0 aliphatic rings. The molecule has 0 aliphatic carbocycles. The van der Waals surface area contributed by atoms with E-state index in [0.717, 1.165) is 5.56 Å². The lowest BCUT2D eigenvalue weighted by atomic mass is 10.1. The third kappa shape index (κ3) is 4.75. The normalized spacial score (nSPS) is 11.4. The highest BCUT2D eigenvalue weighted by Crippen LogP contribution is 2.32. The number of benzene rings is 2. The fourth-order valence-electron chi connectivity index (χ4n) is 2.63. The summed E-state index contributed by atoms with van der Waals surface area (Å²) in [6.45, 7) is 3.21. The Bertz CT molecular complexity index is 762. The minimum atomic E-state index is -0.255. The Balaban J connectivity index is 2.15. The zero-order valence-corrected chi connectivity index (χ0v) is 15.5. The van der Waals surface area contributed by atoms with Gasteiger partial charge in [-0.25, -0.2) is 0 Å². The van der Waals surface area contributed by atoms with Crippen LogP contribution in [0.3, 0.4) is 0 Å². The Morgan fingerprint density at radius 2 is 1.77 bits per heavy atom. The van der Waals surface area contributed by atoms with Crippen LogP contribution in [-0.2, 0) is 9.59 Å². The highest BCUT2D eigenvalue weighted by molar-refractivity contribution is 5.98. The minimum absolute atomic E-state index is 0.102. The summed E-state index contributed by atoms with van der Waals surface area (Å²) in [7, 11) is 3.06. The summed E-state index contributed by atoms with van der Waals surface area (Å²) in [5.41, 5.74) is 1.51. The molecule has 0 saturated heterocycles. The van der Waals surface area contributed by atoms with Crippen LogP contribution in [0.2, 0.25) is 0 Å². The summed E-state index contributed by atoms with van der Waals surface area (Å²) in [6, 6.07) is 14.6. The lowest BCUT2D eigenvalue weighted by molar-refractivity contribution is -0.123. The van der Waals surface area contributed by atoms with Crippen LogP contribution < -0.4 is 19.7 Å². The molecule has 2 rings (SSSR count). The summed E-state index contributed by atoms with van der Waals surface area (Å²) in [5, 5.41) is 2.91. The van der Waals surface area contributed by atoms with Crippen molar-refractivity contribution in [3.05, 3.63) is 54.1 Å². The van der Waals surface area contributed by atoms with Crippen LogP contribution in [0.25, 0.3) is 0 Å². The van der Waals surface area contributed by atoms with Crippen molar-refractivity contribution in [2.45, 2.75) is 19.9 Å². The monoisotopic (exact) mass is 356 g/mol. The second kappa shape index (κ2) is 8.89. The van der Waals surface area contributed by atoms with E-state index in [-0.39, 0.29) is 24.4 Å². The van der Waals surface area contributed by atoms with Crippen LogP contribution >= 0.6 is 0 Å². The molecule has 0 radical (unpaired) electrons. The molecule has 0 bridgehead atoms. The second-order valence-corrected chi connectivity index (χ2v) is 5.84. The van der Waals surface area contributed by atoms with Crippen molar-refractivity contribution >= 4 is 17.5 Å². The molecule has 0 saturated carbocycles. The molecule has 2 amide bonds. The molecule has 1 atom stereocenters. The third-order valence-corrected chi connectivity index (χ3v) is 4.04. The van der Waals surface area contributed by atoms with Crippen molar-refractivity contribution in [2.24, 2.45) is 0 Å². The summed E-state index contributed by atoms with van der Waals surface area (Å²) >= 11 is 0. The Hall–Kier alpha value is -3.02. The molecule has 26 heavy (non-hydrogen) atoms. The average molecular weight is 356 g/mol. The van der Waals surface area contributed by atoms with Crippen molar-refractivity contribution in [3.8, 4) is 11.5 Å². The average Bonchev–Trinajstić information content (AvgIpc) is 2.66. The van der Waals surface area contributed by atoms with Crippen molar-refractivity contribution in [1.82, 2.24) is 5.32 Å². The van der Waals surface area contributed by atoms with Crippen molar-refractivity contribution in [1.29, 1.82) is 0 Å². The van der Waals surface area contributed by atoms with E-state index >= 15 is 0 Å². The topological polar surface area (TPSA) is 67.9 Å². The van der Waals surface area contributed by atoms with Gasteiger partial charge in [0.15, 0.2) is 0 Å². The lowest BCUT2D eigenvalue weighted by Crippen LogP contribution is -2.40. The van der Waals surface area contributed by atoms with E-state index in [0.29, 0.717) is 17.2 Å². The van der Waals surface area contributed by atoms with Gasteiger partial charge in [-0.3, -0.25) is 14.5 Å². The predicted molar refractivity (Wildman–Crippen MR) is 101 cm³/mol. The van der Waals surface area contributed by atoms with E-state index in [1.165, 1.54) is 18.9 Å².